The lowest BCUT2D eigenvalue weighted by molar-refractivity contribution is -0.157. The van der Waals surface area contributed by atoms with E-state index in [1.54, 1.807) is 19.9 Å². The van der Waals surface area contributed by atoms with Gasteiger partial charge in [-0.3, -0.25) is 19.2 Å². The van der Waals surface area contributed by atoms with Gasteiger partial charge in [0.05, 0.1) is 5.92 Å². The SMILES string of the molecule is CCC(C)CC(=O)Oc1ccc(C(C(C)C(C)OC(=O)C2CCCCC2)[C@H](N)C(=O)O)cc1OC(=O)CC(C)CC. The maximum atomic E-state index is 12.8. The Hall–Kier alpha value is -2.94. The molecule has 0 saturated heterocycles. The highest BCUT2D eigenvalue weighted by Gasteiger charge is 2.36. The Bertz CT molecular complexity index is 1030. The predicted octanol–water partition coefficient (Wildman–Crippen LogP) is 6.01. The van der Waals surface area contributed by atoms with Crippen molar-refractivity contribution < 1.29 is 38.5 Å². The summed E-state index contributed by atoms with van der Waals surface area (Å²) in [5.41, 5.74) is 6.67. The van der Waals surface area contributed by atoms with Gasteiger partial charge < -0.3 is 25.1 Å². The molecule has 9 heteroatoms. The number of carbonyl (C=O) groups excluding carboxylic acids is 3. The van der Waals surface area contributed by atoms with Crippen LogP contribution in [0, 0.1) is 23.7 Å². The molecule has 9 nitrogen and oxygen atoms in total. The lowest BCUT2D eigenvalue weighted by atomic mass is 9.79. The summed E-state index contributed by atoms with van der Waals surface area (Å²) in [6.07, 6.45) is 6.02. The maximum Gasteiger partial charge on any atom is 0.321 e. The van der Waals surface area contributed by atoms with Crippen LogP contribution >= 0.6 is 0 Å². The molecule has 6 atom stereocenters. The van der Waals surface area contributed by atoms with Crippen LogP contribution in [0.15, 0.2) is 18.2 Å². The standard InChI is InChI=1S/C32H49NO8/c1-7-19(3)16-27(34)40-25-15-14-24(18-26(25)41-28(35)17-20(4)8-2)29(30(33)31(36)37)21(5)22(6)39-32(38)23-12-10-9-11-13-23/h14-15,18-23,29-30H,7-13,16-17,33H2,1-6H3,(H,36,37)/t19?,20?,21?,22?,29?,30-/m0/s1. The van der Waals surface area contributed by atoms with Crippen molar-refractivity contribution >= 4 is 23.9 Å². The molecular formula is C32H49NO8. The molecule has 0 radical (unpaired) electrons. The molecule has 41 heavy (non-hydrogen) atoms. The zero-order chi connectivity index (χ0) is 30.7. The first-order valence-corrected chi connectivity index (χ1v) is 15.1. The van der Waals surface area contributed by atoms with Gasteiger partial charge in [-0.25, -0.2) is 0 Å². The number of esters is 3. The van der Waals surface area contributed by atoms with Gasteiger partial charge in [0.15, 0.2) is 11.5 Å². The molecule has 0 aliphatic heterocycles. The van der Waals surface area contributed by atoms with Crippen molar-refractivity contribution in [1.29, 1.82) is 0 Å². The monoisotopic (exact) mass is 575 g/mol. The highest BCUT2D eigenvalue weighted by molar-refractivity contribution is 5.77. The molecule has 1 aliphatic carbocycles. The molecule has 0 amide bonds. The Balaban J connectivity index is 2.40. The zero-order valence-corrected chi connectivity index (χ0v) is 25.5. The van der Waals surface area contributed by atoms with Crippen LogP contribution in [-0.2, 0) is 23.9 Å². The van der Waals surface area contributed by atoms with Gasteiger partial charge in [0.1, 0.15) is 12.1 Å². The van der Waals surface area contributed by atoms with Gasteiger partial charge >= 0.3 is 23.9 Å². The Morgan fingerprint density at radius 1 is 0.878 bits per heavy atom. The zero-order valence-electron chi connectivity index (χ0n) is 25.5. The number of benzene rings is 1. The number of aliphatic carboxylic acids is 1. The molecule has 1 aromatic rings. The highest BCUT2D eigenvalue weighted by atomic mass is 16.6. The molecule has 0 heterocycles. The summed E-state index contributed by atoms with van der Waals surface area (Å²) < 4.78 is 17.1. The van der Waals surface area contributed by atoms with E-state index >= 15 is 0 Å². The smallest absolute Gasteiger partial charge is 0.321 e. The number of carboxylic acids is 1. The van der Waals surface area contributed by atoms with Crippen molar-refractivity contribution in [1.82, 2.24) is 0 Å². The molecule has 230 valence electrons. The third kappa shape index (κ3) is 10.4. The summed E-state index contributed by atoms with van der Waals surface area (Å²) in [5.74, 6) is -3.55. The third-order valence-corrected chi connectivity index (χ3v) is 8.44. The fourth-order valence-corrected chi connectivity index (χ4v) is 5.09. The van der Waals surface area contributed by atoms with E-state index in [4.69, 9.17) is 19.9 Å². The van der Waals surface area contributed by atoms with E-state index in [9.17, 15) is 24.3 Å². The molecule has 1 fully saturated rings. The minimum Gasteiger partial charge on any atom is -0.480 e. The predicted molar refractivity (Wildman–Crippen MR) is 156 cm³/mol. The number of hydrogen-bond acceptors (Lipinski definition) is 8. The Labute approximate surface area is 244 Å². The molecule has 1 aliphatic rings. The summed E-state index contributed by atoms with van der Waals surface area (Å²) in [7, 11) is 0. The second-order valence-electron chi connectivity index (χ2n) is 11.8. The Morgan fingerprint density at radius 2 is 1.41 bits per heavy atom. The molecule has 3 N–H and O–H groups in total. The van der Waals surface area contributed by atoms with Crippen molar-refractivity contribution in [3.63, 3.8) is 0 Å². The first kappa shape index (κ1) is 34.3. The summed E-state index contributed by atoms with van der Waals surface area (Å²) >= 11 is 0. The van der Waals surface area contributed by atoms with Gasteiger partial charge in [-0.2, -0.15) is 0 Å². The van der Waals surface area contributed by atoms with E-state index in [0.29, 0.717) is 5.56 Å². The second kappa shape index (κ2) is 16.5. The van der Waals surface area contributed by atoms with E-state index in [1.165, 1.54) is 12.1 Å². The number of rotatable bonds is 15. The summed E-state index contributed by atoms with van der Waals surface area (Å²) in [6, 6.07) is 3.31. The van der Waals surface area contributed by atoms with Gasteiger partial charge in [-0.05, 0) is 49.3 Å². The van der Waals surface area contributed by atoms with Crippen LogP contribution in [0.1, 0.15) is 111 Å². The molecule has 1 aromatic carbocycles. The van der Waals surface area contributed by atoms with E-state index in [2.05, 4.69) is 0 Å². The van der Waals surface area contributed by atoms with E-state index in [-0.39, 0.29) is 48.1 Å². The second-order valence-corrected chi connectivity index (χ2v) is 11.8. The highest BCUT2D eigenvalue weighted by Crippen LogP contribution is 2.38. The van der Waals surface area contributed by atoms with Crippen LogP contribution in [0.4, 0.5) is 0 Å². The molecule has 0 bridgehead atoms. The van der Waals surface area contributed by atoms with E-state index in [0.717, 1.165) is 44.9 Å². The third-order valence-electron chi connectivity index (χ3n) is 8.44. The fraction of sp³-hybridized carbons (Fsp3) is 0.688. The fourth-order valence-electron chi connectivity index (χ4n) is 5.09. The van der Waals surface area contributed by atoms with Crippen LogP contribution < -0.4 is 15.2 Å². The lowest BCUT2D eigenvalue weighted by Gasteiger charge is -2.33. The summed E-state index contributed by atoms with van der Waals surface area (Å²) in [6.45, 7) is 11.4. The summed E-state index contributed by atoms with van der Waals surface area (Å²) in [5, 5.41) is 9.86. The molecule has 0 spiro atoms. The van der Waals surface area contributed by atoms with Gasteiger partial charge in [0.25, 0.3) is 0 Å². The first-order valence-electron chi connectivity index (χ1n) is 15.1. The molecular weight excluding hydrogens is 526 g/mol. The van der Waals surface area contributed by atoms with Crippen LogP contribution in [0.5, 0.6) is 11.5 Å². The maximum absolute atomic E-state index is 12.8. The number of nitrogens with two attached hydrogens (primary N) is 1. The van der Waals surface area contributed by atoms with Crippen molar-refractivity contribution in [3.8, 4) is 11.5 Å². The normalized spacial score (nSPS) is 18.3. The number of hydrogen-bond donors (Lipinski definition) is 2. The quantitative estimate of drug-likeness (QED) is 0.190. The van der Waals surface area contributed by atoms with E-state index in [1.807, 2.05) is 27.7 Å². The van der Waals surface area contributed by atoms with Gasteiger partial charge in [0.2, 0.25) is 0 Å². The lowest BCUT2D eigenvalue weighted by Crippen LogP contribution is -2.43. The van der Waals surface area contributed by atoms with Gasteiger partial charge in [-0.1, -0.05) is 72.8 Å². The molecule has 0 aromatic heterocycles. The van der Waals surface area contributed by atoms with Crippen molar-refractivity contribution in [2.45, 2.75) is 117 Å². The average molecular weight is 576 g/mol. The minimum absolute atomic E-state index is 0.0231. The number of carboxylic acid groups (broad SMARTS) is 1. The van der Waals surface area contributed by atoms with Crippen molar-refractivity contribution in [3.05, 3.63) is 23.8 Å². The van der Waals surface area contributed by atoms with Crippen molar-refractivity contribution in [2.24, 2.45) is 29.4 Å². The van der Waals surface area contributed by atoms with Crippen molar-refractivity contribution in [2.75, 3.05) is 0 Å². The van der Waals surface area contributed by atoms with Crippen LogP contribution in [-0.4, -0.2) is 41.1 Å². The largest absolute Gasteiger partial charge is 0.480 e. The van der Waals surface area contributed by atoms with Crippen LogP contribution in [0.2, 0.25) is 0 Å². The first-order chi connectivity index (χ1) is 19.4. The molecule has 1 saturated carbocycles. The van der Waals surface area contributed by atoms with Crippen LogP contribution in [0.25, 0.3) is 0 Å². The number of ether oxygens (including phenoxy) is 3. The minimum atomic E-state index is -1.33. The van der Waals surface area contributed by atoms with E-state index < -0.39 is 41.9 Å². The Kier molecular flexibility index (Phi) is 13.8. The topological polar surface area (TPSA) is 142 Å². The number of carbonyl (C=O) groups is 4. The molecule has 5 unspecified atom stereocenters. The van der Waals surface area contributed by atoms with Gasteiger partial charge in [0, 0.05) is 24.7 Å². The van der Waals surface area contributed by atoms with Crippen LogP contribution in [0.3, 0.4) is 0 Å². The Morgan fingerprint density at radius 3 is 1.93 bits per heavy atom. The van der Waals surface area contributed by atoms with Gasteiger partial charge in [-0.15, -0.1) is 0 Å². The average Bonchev–Trinajstić information content (AvgIpc) is 2.94. The molecule has 2 rings (SSSR count). The summed E-state index contributed by atoms with van der Waals surface area (Å²) in [4.78, 5) is 50.2.